The number of aliphatic hydroxyl groups is 1. The standard InChI is InChI=1S/C26H24ClFN2O/c1-16(20-6-4-5-7-23(20)28)30-25-21-14-18(10-13-24(21)29-15-22(25)27)17-8-11-19(12-9-17)26(2,3)31/h4-16,31H,1-3H3,(H,29,30). The highest BCUT2D eigenvalue weighted by Gasteiger charge is 2.17. The molecule has 1 atom stereocenters. The molecule has 0 spiro atoms. The highest BCUT2D eigenvalue weighted by Crippen LogP contribution is 2.35. The lowest BCUT2D eigenvalue weighted by Crippen LogP contribution is -2.14. The Balaban J connectivity index is 1.74. The van der Waals surface area contributed by atoms with E-state index in [1.54, 1.807) is 32.2 Å². The van der Waals surface area contributed by atoms with Crippen molar-refractivity contribution in [3.8, 4) is 11.1 Å². The molecule has 4 aromatic rings. The lowest BCUT2D eigenvalue weighted by atomic mass is 9.95. The van der Waals surface area contributed by atoms with E-state index in [1.165, 1.54) is 6.07 Å². The molecular formula is C26H24ClFN2O. The number of halogens is 2. The largest absolute Gasteiger partial charge is 0.386 e. The maximum Gasteiger partial charge on any atom is 0.128 e. The normalized spacial score (nSPS) is 12.7. The van der Waals surface area contributed by atoms with E-state index >= 15 is 0 Å². The zero-order valence-corrected chi connectivity index (χ0v) is 18.4. The quantitative estimate of drug-likeness (QED) is 0.352. The molecule has 0 saturated carbocycles. The van der Waals surface area contributed by atoms with Crippen LogP contribution in [-0.2, 0) is 5.60 Å². The average molecular weight is 435 g/mol. The molecule has 31 heavy (non-hydrogen) atoms. The first kappa shape index (κ1) is 21.3. The van der Waals surface area contributed by atoms with E-state index in [1.807, 2.05) is 55.5 Å². The summed E-state index contributed by atoms with van der Waals surface area (Å²) in [5.74, 6) is -0.260. The number of aromatic nitrogens is 1. The van der Waals surface area contributed by atoms with Gasteiger partial charge in [-0.1, -0.05) is 60.1 Å². The number of fused-ring (bicyclic) bond motifs is 1. The zero-order valence-electron chi connectivity index (χ0n) is 17.7. The van der Waals surface area contributed by atoms with E-state index in [2.05, 4.69) is 10.3 Å². The Hall–Kier alpha value is -2.95. The van der Waals surface area contributed by atoms with Gasteiger partial charge in [-0.25, -0.2) is 4.39 Å². The summed E-state index contributed by atoms with van der Waals surface area (Å²) in [6.45, 7) is 5.43. The van der Waals surface area contributed by atoms with E-state index in [9.17, 15) is 9.50 Å². The second-order valence-electron chi connectivity index (χ2n) is 8.24. The maximum absolute atomic E-state index is 14.3. The van der Waals surface area contributed by atoms with Crippen LogP contribution in [0.25, 0.3) is 22.0 Å². The molecule has 4 rings (SSSR count). The van der Waals surface area contributed by atoms with Gasteiger partial charge in [0.25, 0.3) is 0 Å². The average Bonchev–Trinajstić information content (AvgIpc) is 2.75. The fourth-order valence-corrected chi connectivity index (χ4v) is 3.89. The van der Waals surface area contributed by atoms with Crippen molar-refractivity contribution < 1.29 is 9.50 Å². The molecule has 0 amide bonds. The molecule has 3 aromatic carbocycles. The summed E-state index contributed by atoms with van der Waals surface area (Å²) in [5, 5.41) is 14.9. The molecule has 0 saturated heterocycles. The third kappa shape index (κ3) is 4.41. The number of benzene rings is 3. The lowest BCUT2D eigenvalue weighted by molar-refractivity contribution is 0.0786. The summed E-state index contributed by atoms with van der Waals surface area (Å²) in [7, 11) is 0. The van der Waals surface area contributed by atoms with Gasteiger partial charge in [0, 0.05) is 17.1 Å². The second kappa shape index (κ2) is 8.29. The van der Waals surface area contributed by atoms with Crippen molar-refractivity contribution in [3.05, 3.63) is 94.9 Å². The maximum atomic E-state index is 14.3. The van der Waals surface area contributed by atoms with Crippen LogP contribution in [0, 0.1) is 5.82 Å². The van der Waals surface area contributed by atoms with Crippen LogP contribution in [0.4, 0.5) is 10.1 Å². The van der Waals surface area contributed by atoms with Crippen LogP contribution in [-0.4, -0.2) is 10.1 Å². The Morgan fingerprint density at radius 3 is 2.35 bits per heavy atom. The number of hydrogen-bond acceptors (Lipinski definition) is 3. The van der Waals surface area contributed by atoms with Gasteiger partial charge in [0.2, 0.25) is 0 Å². The van der Waals surface area contributed by atoms with Gasteiger partial charge >= 0.3 is 0 Å². The van der Waals surface area contributed by atoms with Gasteiger partial charge in [0.05, 0.1) is 27.9 Å². The topological polar surface area (TPSA) is 45.2 Å². The van der Waals surface area contributed by atoms with Gasteiger partial charge in [-0.15, -0.1) is 0 Å². The summed E-state index contributed by atoms with van der Waals surface area (Å²) < 4.78 is 14.3. The Kier molecular flexibility index (Phi) is 5.69. The first-order valence-electron chi connectivity index (χ1n) is 10.2. The van der Waals surface area contributed by atoms with Crippen LogP contribution in [0.3, 0.4) is 0 Å². The van der Waals surface area contributed by atoms with Gasteiger partial charge in [0.1, 0.15) is 5.82 Å². The molecule has 3 nitrogen and oxygen atoms in total. The van der Waals surface area contributed by atoms with Crippen LogP contribution in [0.1, 0.15) is 37.9 Å². The lowest BCUT2D eigenvalue weighted by Gasteiger charge is -2.19. The van der Waals surface area contributed by atoms with Gasteiger partial charge in [-0.2, -0.15) is 0 Å². The highest BCUT2D eigenvalue weighted by atomic mass is 35.5. The summed E-state index contributed by atoms with van der Waals surface area (Å²) in [4.78, 5) is 4.44. The Bertz CT molecular complexity index is 1230. The van der Waals surface area contributed by atoms with Gasteiger partial charge < -0.3 is 10.4 Å². The first-order valence-corrected chi connectivity index (χ1v) is 10.5. The van der Waals surface area contributed by atoms with Crippen molar-refractivity contribution in [2.24, 2.45) is 0 Å². The van der Waals surface area contributed by atoms with E-state index in [0.717, 1.165) is 33.3 Å². The summed E-state index contributed by atoms with van der Waals surface area (Å²) in [5.41, 5.74) is 4.06. The Morgan fingerprint density at radius 2 is 1.68 bits per heavy atom. The van der Waals surface area contributed by atoms with Crippen LogP contribution >= 0.6 is 11.6 Å². The number of nitrogens with one attached hydrogen (secondary N) is 1. The van der Waals surface area contributed by atoms with Crippen molar-refractivity contribution in [1.29, 1.82) is 0 Å². The van der Waals surface area contributed by atoms with Crippen molar-refractivity contribution in [1.82, 2.24) is 4.98 Å². The molecule has 1 heterocycles. The Labute approximate surface area is 186 Å². The minimum atomic E-state index is -0.890. The predicted molar refractivity (Wildman–Crippen MR) is 126 cm³/mol. The fraction of sp³-hybridized carbons (Fsp3) is 0.192. The fourth-order valence-electron chi connectivity index (χ4n) is 3.69. The molecule has 0 aliphatic heterocycles. The van der Waals surface area contributed by atoms with Gasteiger partial charge in [-0.3, -0.25) is 4.98 Å². The second-order valence-corrected chi connectivity index (χ2v) is 8.64. The summed E-state index contributed by atoms with van der Waals surface area (Å²) >= 11 is 6.50. The molecule has 2 N–H and O–H groups in total. The van der Waals surface area contributed by atoms with Crippen molar-refractivity contribution >= 4 is 28.2 Å². The van der Waals surface area contributed by atoms with Crippen molar-refractivity contribution in [2.75, 3.05) is 5.32 Å². The summed E-state index contributed by atoms with van der Waals surface area (Å²) in [6.07, 6.45) is 1.61. The highest BCUT2D eigenvalue weighted by molar-refractivity contribution is 6.34. The molecule has 5 heteroatoms. The molecule has 0 bridgehead atoms. The number of nitrogens with zero attached hydrogens (tertiary/aromatic N) is 1. The van der Waals surface area contributed by atoms with Crippen molar-refractivity contribution in [3.63, 3.8) is 0 Å². The number of anilines is 1. The Morgan fingerprint density at radius 1 is 1.00 bits per heavy atom. The zero-order chi connectivity index (χ0) is 22.2. The van der Waals surface area contributed by atoms with Gasteiger partial charge in [0.15, 0.2) is 0 Å². The number of pyridine rings is 1. The minimum Gasteiger partial charge on any atom is -0.386 e. The van der Waals surface area contributed by atoms with Crippen molar-refractivity contribution in [2.45, 2.75) is 32.4 Å². The number of rotatable bonds is 5. The third-order valence-corrected chi connectivity index (χ3v) is 5.77. The molecule has 158 valence electrons. The predicted octanol–water partition coefficient (Wildman–Crippen LogP) is 7.09. The van der Waals surface area contributed by atoms with E-state index < -0.39 is 5.60 Å². The van der Waals surface area contributed by atoms with Crippen LogP contribution in [0.5, 0.6) is 0 Å². The molecule has 0 fully saturated rings. The molecular weight excluding hydrogens is 411 g/mol. The smallest absolute Gasteiger partial charge is 0.128 e. The summed E-state index contributed by atoms with van der Waals surface area (Å²) in [6, 6.07) is 20.2. The van der Waals surface area contributed by atoms with E-state index in [-0.39, 0.29) is 11.9 Å². The molecule has 0 aliphatic rings. The van der Waals surface area contributed by atoms with Gasteiger partial charge in [-0.05, 0) is 55.7 Å². The molecule has 1 aromatic heterocycles. The first-order chi connectivity index (χ1) is 14.7. The SMILES string of the molecule is CC(Nc1c(Cl)cnc2ccc(-c3ccc(C(C)(C)O)cc3)cc12)c1ccccc1F. The van der Waals surface area contributed by atoms with Crippen LogP contribution in [0.2, 0.25) is 5.02 Å². The van der Waals surface area contributed by atoms with Crippen LogP contribution in [0.15, 0.2) is 72.9 Å². The number of hydrogen-bond donors (Lipinski definition) is 2. The van der Waals surface area contributed by atoms with Crippen LogP contribution < -0.4 is 5.32 Å². The molecule has 0 aliphatic carbocycles. The molecule has 0 radical (unpaired) electrons. The monoisotopic (exact) mass is 434 g/mol. The molecule has 1 unspecified atom stereocenters. The van der Waals surface area contributed by atoms with E-state index in [0.29, 0.717) is 10.6 Å². The minimum absolute atomic E-state index is 0.260. The third-order valence-electron chi connectivity index (χ3n) is 5.48. The van der Waals surface area contributed by atoms with E-state index in [4.69, 9.17) is 11.6 Å².